The number of hydrogen-bond acceptors (Lipinski definition) is 25. The minimum absolute atomic E-state index is 0.0236. The third-order valence-corrected chi connectivity index (χ3v) is 27.1. The first kappa shape index (κ1) is 71.8. The number of phosphoric ester groups is 3. The Balaban J connectivity index is 0.000000433. The number of hydrogen-bond donors (Lipinski definition) is 4. The Morgan fingerprint density at radius 3 is 2.31 bits per heavy atom. The molecule has 27 nitrogen and oxygen atoms in total. The van der Waals surface area contributed by atoms with Gasteiger partial charge in [-0.3, -0.25) is 28.6 Å². The number of aromatic nitrogens is 1. The summed E-state index contributed by atoms with van der Waals surface area (Å²) in [7, 11) is -11.2. The lowest BCUT2D eigenvalue weighted by Gasteiger charge is -2.61. The number of fused-ring (bicyclic) bond motifs is 9. The highest BCUT2D eigenvalue weighted by atomic mass is 33.1. The Kier molecular flexibility index (Phi) is 24.7. The molecule has 4 aliphatic carbocycles. The molecule has 514 valence electrons. The first-order valence-electron chi connectivity index (χ1n) is 32.1. The number of urea groups is 1. The highest BCUT2D eigenvalue weighted by Gasteiger charge is 2.69. The number of aliphatic hydroxyl groups is 1. The van der Waals surface area contributed by atoms with E-state index in [1.165, 1.54) is 12.1 Å². The molecule has 9 aliphatic rings. The van der Waals surface area contributed by atoms with E-state index in [1.807, 2.05) is 47.2 Å². The molecule has 11 rings (SSSR count). The molecular formula is C58H89N5O22P3S3-3. The van der Waals surface area contributed by atoms with Crippen molar-refractivity contribution in [3.05, 3.63) is 40.6 Å². The smallest absolute Gasteiger partial charge is 0.315 e. The fourth-order valence-electron chi connectivity index (χ4n) is 15.8. The van der Waals surface area contributed by atoms with Gasteiger partial charge in [0.05, 0.1) is 93.2 Å². The number of rotatable bonds is 30. The molecule has 0 radical (unpaired) electrons. The molecule has 5 saturated heterocycles. The monoisotopic (exact) mass is 1400 g/mol. The third kappa shape index (κ3) is 17.5. The van der Waals surface area contributed by atoms with Crippen LogP contribution in [0.3, 0.4) is 0 Å². The van der Waals surface area contributed by atoms with Gasteiger partial charge in [-0.05, 0) is 119 Å². The molecule has 6 heterocycles. The Morgan fingerprint density at radius 1 is 0.835 bits per heavy atom. The average Bonchev–Trinajstić information content (AvgIpc) is 1.63. The average molecular weight is 1400 g/mol. The highest BCUT2D eigenvalue weighted by molar-refractivity contribution is 8.76. The molecule has 4 N–H and O–H groups in total. The summed E-state index contributed by atoms with van der Waals surface area (Å²) in [4.78, 5) is 72.5. The number of phosphoric acid groups is 3. The van der Waals surface area contributed by atoms with Crippen LogP contribution in [0.25, 0.3) is 10.9 Å². The molecule has 4 saturated carbocycles. The second-order valence-electron chi connectivity index (χ2n) is 25.8. The summed E-state index contributed by atoms with van der Waals surface area (Å²) in [6, 6.07) is 6.53. The van der Waals surface area contributed by atoms with Crippen molar-refractivity contribution in [1.82, 2.24) is 20.5 Å². The molecular weight excluding hydrogens is 1310 g/mol. The van der Waals surface area contributed by atoms with E-state index in [-0.39, 0.29) is 78.9 Å². The third-order valence-electron chi connectivity index (χ3n) is 20.1. The molecule has 0 bridgehead atoms. The second-order valence-corrected chi connectivity index (χ2v) is 33.7. The topological polar surface area (TPSA) is 360 Å². The van der Waals surface area contributed by atoms with Crippen molar-refractivity contribution in [2.45, 2.75) is 190 Å². The van der Waals surface area contributed by atoms with Crippen molar-refractivity contribution in [3.63, 3.8) is 0 Å². The van der Waals surface area contributed by atoms with Crippen LogP contribution in [0.5, 0.6) is 0 Å². The number of nitro groups is 1. The highest BCUT2D eigenvalue weighted by Crippen LogP contribution is 2.71. The summed E-state index contributed by atoms with van der Waals surface area (Å²) >= 11 is 1.93. The number of nitrogens with zero attached hydrogens (tertiary/aromatic N) is 2. The van der Waals surface area contributed by atoms with Gasteiger partial charge < -0.3 is 91.1 Å². The number of aliphatic hydroxyl groups excluding tert-OH is 1. The summed E-state index contributed by atoms with van der Waals surface area (Å²) < 4.78 is 102. The number of carbonyl (C=O) groups is 2. The van der Waals surface area contributed by atoms with Crippen LogP contribution in [0.1, 0.15) is 130 Å². The number of nitrogens with one attached hydrogen (secondary N) is 3. The number of ether oxygens (including phenoxy) is 5. The lowest BCUT2D eigenvalue weighted by molar-refractivity contribution is -0.384. The number of unbranched alkanes of at least 4 members (excludes halogenated alkanes) is 1. The van der Waals surface area contributed by atoms with Crippen LogP contribution >= 0.6 is 56.8 Å². The van der Waals surface area contributed by atoms with Gasteiger partial charge >= 0.3 is 6.03 Å². The van der Waals surface area contributed by atoms with E-state index in [0.29, 0.717) is 72.4 Å². The van der Waals surface area contributed by atoms with E-state index < -0.39 is 91.2 Å². The zero-order valence-corrected chi connectivity index (χ0v) is 57.2. The Morgan fingerprint density at radius 2 is 1.57 bits per heavy atom. The molecule has 1 aromatic heterocycles. The summed E-state index contributed by atoms with van der Waals surface area (Å²) in [5.74, 6) is 4.36. The van der Waals surface area contributed by atoms with E-state index in [2.05, 4.69) is 34.3 Å². The van der Waals surface area contributed by atoms with Gasteiger partial charge in [0.15, 0.2) is 5.79 Å². The number of carbonyl (C=O) groups excluding carboxylic acids is 2. The standard InChI is InChI=1S/C46H71N2O20P3S2.C12H21N3O2S/c1-4-17-59-25-33(49)26-62-69(52,53)60-20-18-58-19-21-61-70(54,55)68-39-24-43(47-16-12-30-5-7-32(48(50)51)23-38(30)47)64-40(39)27-63-71(56,57)67-34-9-13-44(2)31(22-34)6-8-35-36(44)10-14-45(3)37(35)11-15-46(45)65-41-28-72-73-29-42(41)66-46;1-2-13-10(16)6-4-3-5-9-11-8(7-18-9)14-12(17)15-11/h5,7,12,16,23,31,33-37,39-43,49H,4,6,8-11,13-15,17-22,24-29H2,1-3H3,(H,52,53)(H,54,55)(H,56,57);8-9,11H,2-7H2,1H3,(H,13,16)(H2,14,15,17)/p-3. The largest absolute Gasteiger partial charge is 0.756 e. The molecule has 1 aromatic carbocycles. The first-order valence-corrected chi connectivity index (χ1v) is 40.0. The summed E-state index contributed by atoms with van der Waals surface area (Å²) in [6.07, 6.45) is 8.84. The number of non-ortho nitro benzene ring substituents is 1. The maximum absolute atomic E-state index is 13.7. The first-order chi connectivity index (χ1) is 43.4. The molecule has 2 aromatic rings. The van der Waals surface area contributed by atoms with Gasteiger partial charge in [0.25, 0.3) is 29.2 Å². The summed E-state index contributed by atoms with van der Waals surface area (Å²) in [6.45, 7) is 6.72. The van der Waals surface area contributed by atoms with Crippen molar-refractivity contribution >= 4 is 85.3 Å². The fourth-order valence-corrected chi connectivity index (χ4v) is 22.3. The van der Waals surface area contributed by atoms with Crippen LogP contribution in [0.2, 0.25) is 0 Å². The van der Waals surface area contributed by atoms with Gasteiger partial charge in [-0.1, -0.05) is 48.8 Å². The van der Waals surface area contributed by atoms with Gasteiger partial charge in [0.2, 0.25) is 5.91 Å². The number of nitro benzene ring substituents is 1. The summed E-state index contributed by atoms with van der Waals surface area (Å²) in [5.41, 5.74) is 0.205. The van der Waals surface area contributed by atoms with E-state index in [4.69, 9.17) is 46.3 Å². The molecule has 5 aliphatic heterocycles. The zero-order valence-electron chi connectivity index (χ0n) is 52.0. The van der Waals surface area contributed by atoms with Crippen molar-refractivity contribution in [1.29, 1.82) is 0 Å². The van der Waals surface area contributed by atoms with Crippen molar-refractivity contribution in [2.24, 2.45) is 34.5 Å². The Bertz CT molecular complexity index is 2950. The van der Waals surface area contributed by atoms with Gasteiger partial charge in [0, 0.05) is 84.1 Å². The Labute approximate surface area is 543 Å². The van der Waals surface area contributed by atoms with Crippen LogP contribution in [0.15, 0.2) is 30.5 Å². The number of thioether (sulfide) groups is 1. The number of amides is 3. The molecule has 9 fully saturated rings. The summed E-state index contributed by atoms with van der Waals surface area (Å²) in [5, 5.41) is 31.3. The van der Waals surface area contributed by atoms with Crippen LogP contribution in [0, 0.1) is 44.6 Å². The van der Waals surface area contributed by atoms with Gasteiger partial charge in [-0.15, -0.1) is 0 Å². The van der Waals surface area contributed by atoms with Gasteiger partial charge in [-0.2, -0.15) is 11.8 Å². The maximum Gasteiger partial charge on any atom is 0.315 e. The predicted molar refractivity (Wildman–Crippen MR) is 333 cm³/mol. The number of benzene rings is 1. The van der Waals surface area contributed by atoms with Crippen LogP contribution in [-0.2, 0) is 69.3 Å². The predicted octanol–water partition coefficient (Wildman–Crippen LogP) is 7.65. The van der Waals surface area contributed by atoms with Gasteiger partial charge in [0.1, 0.15) is 18.4 Å². The van der Waals surface area contributed by atoms with Crippen molar-refractivity contribution < 1.29 is 98.8 Å². The maximum atomic E-state index is 13.7. The van der Waals surface area contributed by atoms with E-state index >= 15 is 0 Å². The quantitative estimate of drug-likeness (QED) is 0.0146. The molecule has 33 heteroatoms. The fraction of sp³-hybridized carbons (Fsp3) is 0.828. The molecule has 3 amide bonds. The van der Waals surface area contributed by atoms with Gasteiger partial charge in [-0.25, -0.2) is 4.79 Å². The minimum Gasteiger partial charge on any atom is -0.756 e. The van der Waals surface area contributed by atoms with E-state index in [0.717, 1.165) is 87.9 Å². The normalized spacial score (nSPS) is 36.3. The lowest BCUT2D eigenvalue weighted by Crippen LogP contribution is -2.57. The van der Waals surface area contributed by atoms with Crippen molar-refractivity contribution in [2.75, 3.05) is 76.7 Å². The SMILES string of the molecule is CCCOCC(O)COP(=O)([O-])OCCOCCOP(=O)([O-])OC1CC(n2ccc3ccc([N+](=O)[O-])cc32)OC1COP(=O)([O-])OC1CCC2(C)C(CCC3C2CCC2(C)C3CCC23OC2CSSCC2O3)C1.CCNC(=O)CCCCC1SCC2NC(=O)NC21. The molecule has 19 unspecified atom stereocenters. The second kappa shape index (κ2) is 31.3. The molecule has 19 atom stereocenters. The van der Waals surface area contributed by atoms with E-state index in [9.17, 15) is 53.2 Å². The van der Waals surface area contributed by atoms with Crippen molar-refractivity contribution in [3.8, 4) is 0 Å². The minimum atomic E-state index is -5.15. The van der Waals surface area contributed by atoms with Crippen LogP contribution in [-0.4, -0.2) is 163 Å². The van der Waals surface area contributed by atoms with Crippen LogP contribution in [0.4, 0.5) is 10.5 Å². The van der Waals surface area contributed by atoms with E-state index in [1.54, 1.807) is 22.9 Å². The lowest BCUT2D eigenvalue weighted by atomic mass is 9.45. The molecule has 91 heavy (non-hydrogen) atoms. The Hall–Kier alpha value is -1.96. The zero-order chi connectivity index (χ0) is 64.8. The molecule has 1 spiro atoms. The van der Waals surface area contributed by atoms with Crippen LogP contribution < -0.4 is 30.6 Å².